The van der Waals surface area contributed by atoms with Crippen molar-refractivity contribution in [2.24, 2.45) is 0 Å². The van der Waals surface area contributed by atoms with Crippen molar-refractivity contribution in [3.63, 3.8) is 0 Å². The summed E-state index contributed by atoms with van der Waals surface area (Å²) in [5, 5.41) is 8.24. The molecule has 108 valence electrons. The van der Waals surface area contributed by atoms with E-state index in [1.54, 1.807) is 0 Å². The lowest BCUT2D eigenvalue weighted by Gasteiger charge is -2.14. The van der Waals surface area contributed by atoms with E-state index in [4.69, 9.17) is 4.52 Å². The number of benzene rings is 1. The quantitative estimate of drug-likeness (QED) is 0.777. The molecule has 0 spiro atoms. The Hall–Kier alpha value is -2.43. The van der Waals surface area contributed by atoms with Crippen LogP contribution >= 0.6 is 0 Å². The molecule has 0 saturated carbocycles. The molecule has 21 heavy (non-hydrogen) atoms. The minimum Gasteiger partial charge on any atom is -0.367 e. The van der Waals surface area contributed by atoms with E-state index in [1.807, 2.05) is 13.0 Å². The van der Waals surface area contributed by atoms with Crippen molar-refractivity contribution in [1.29, 1.82) is 0 Å². The number of fused-ring (bicyclic) bond motifs is 1. The maximum Gasteiger partial charge on any atom is 0.263 e. The number of nitrogens with zero attached hydrogens (tertiary/aromatic N) is 3. The summed E-state index contributed by atoms with van der Waals surface area (Å²) in [6, 6.07) is 10.8. The Morgan fingerprint density at radius 3 is 2.81 bits per heavy atom. The molecule has 0 saturated heterocycles. The lowest BCUT2D eigenvalue weighted by atomic mass is 10.1. The van der Waals surface area contributed by atoms with E-state index in [0.717, 1.165) is 29.7 Å². The van der Waals surface area contributed by atoms with Gasteiger partial charge in [-0.3, -0.25) is 0 Å². The molecule has 5 nitrogen and oxygen atoms in total. The van der Waals surface area contributed by atoms with Gasteiger partial charge in [0.2, 0.25) is 0 Å². The second-order valence-corrected chi connectivity index (χ2v) is 5.24. The molecule has 5 heteroatoms. The molecule has 0 unspecified atom stereocenters. The highest BCUT2D eigenvalue weighted by molar-refractivity contribution is 5.87. The molecule has 0 aliphatic heterocycles. The van der Waals surface area contributed by atoms with Gasteiger partial charge in [-0.05, 0) is 32.3 Å². The van der Waals surface area contributed by atoms with E-state index in [9.17, 15) is 0 Å². The molecule has 1 N–H and O–H groups in total. The number of hydrogen-bond donors (Lipinski definition) is 1. The Morgan fingerprint density at radius 1 is 1.19 bits per heavy atom. The molecule has 1 atom stereocenters. The molecular formula is C16H18N4O. The molecule has 0 amide bonds. The molecule has 3 rings (SSSR count). The average Bonchev–Trinajstić information content (AvgIpc) is 2.89. The first kappa shape index (κ1) is 13.5. The summed E-state index contributed by atoms with van der Waals surface area (Å²) >= 11 is 0. The van der Waals surface area contributed by atoms with Gasteiger partial charge in [-0.15, -0.1) is 0 Å². The van der Waals surface area contributed by atoms with Crippen LogP contribution in [-0.4, -0.2) is 21.2 Å². The predicted octanol–water partition coefficient (Wildman–Crippen LogP) is 3.36. The molecule has 0 aliphatic carbocycles. The molecule has 0 bridgehead atoms. The van der Waals surface area contributed by atoms with Crippen LogP contribution in [0.25, 0.3) is 11.1 Å². The number of rotatable bonds is 5. The highest BCUT2D eigenvalue weighted by Crippen LogP contribution is 2.23. The number of aryl methyl sites for hydroxylation is 2. The predicted molar refractivity (Wildman–Crippen MR) is 82.2 cm³/mol. The van der Waals surface area contributed by atoms with E-state index >= 15 is 0 Å². The fourth-order valence-corrected chi connectivity index (χ4v) is 2.36. The van der Waals surface area contributed by atoms with Gasteiger partial charge in [0.1, 0.15) is 17.5 Å². The Morgan fingerprint density at radius 2 is 2.00 bits per heavy atom. The van der Waals surface area contributed by atoms with E-state index in [0.29, 0.717) is 11.8 Å². The van der Waals surface area contributed by atoms with Crippen LogP contribution in [0.15, 0.2) is 41.2 Å². The van der Waals surface area contributed by atoms with Crippen LogP contribution in [0.3, 0.4) is 0 Å². The fourth-order valence-electron chi connectivity index (χ4n) is 2.36. The Bertz CT molecular complexity index is 723. The van der Waals surface area contributed by atoms with Gasteiger partial charge in [-0.1, -0.05) is 35.5 Å². The topological polar surface area (TPSA) is 63.8 Å². The summed E-state index contributed by atoms with van der Waals surface area (Å²) in [4.78, 5) is 8.40. The van der Waals surface area contributed by atoms with E-state index in [-0.39, 0.29) is 0 Å². The van der Waals surface area contributed by atoms with Crippen LogP contribution in [0.1, 0.15) is 24.6 Å². The van der Waals surface area contributed by atoms with E-state index < -0.39 is 0 Å². The molecular weight excluding hydrogens is 264 g/mol. The van der Waals surface area contributed by atoms with Gasteiger partial charge in [-0.25, -0.2) is 4.98 Å². The zero-order chi connectivity index (χ0) is 14.7. The van der Waals surface area contributed by atoms with Gasteiger partial charge in [0, 0.05) is 6.04 Å². The molecule has 0 radical (unpaired) electrons. The van der Waals surface area contributed by atoms with E-state index in [2.05, 4.69) is 51.6 Å². The van der Waals surface area contributed by atoms with Crippen LogP contribution in [0.2, 0.25) is 0 Å². The van der Waals surface area contributed by atoms with Gasteiger partial charge < -0.3 is 9.84 Å². The summed E-state index contributed by atoms with van der Waals surface area (Å²) < 4.78 is 5.16. The van der Waals surface area contributed by atoms with Gasteiger partial charge in [0.05, 0.1) is 5.69 Å². The normalized spacial score (nSPS) is 12.5. The van der Waals surface area contributed by atoms with Crippen molar-refractivity contribution in [2.45, 2.75) is 32.7 Å². The lowest BCUT2D eigenvalue weighted by molar-refractivity contribution is 0.442. The molecule has 2 heterocycles. The Labute approximate surface area is 123 Å². The standard InChI is InChI=1S/C16H18N4O/c1-11(8-9-13-6-4-3-5-7-13)19-15-14-12(2)20-21-16(14)18-10-17-15/h3-7,10-11H,8-9H2,1-2H3,(H,17,18,19)/t11-/m1/s1. The van der Waals surface area contributed by atoms with Gasteiger partial charge >= 0.3 is 0 Å². The monoisotopic (exact) mass is 282 g/mol. The minimum atomic E-state index is 0.303. The van der Waals surface area contributed by atoms with Crippen molar-refractivity contribution in [3.8, 4) is 0 Å². The molecule has 3 aromatic rings. The highest BCUT2D eigenvalue weighted by Gasteiger charge is 2.13. The van der Waals surface area contributed by atoms with Crippen molar-refractivity contribution in [2.75, 3.05) is 5.32 Å². The fraction of sp³-hybridized carbons (Fsp3) is 0.312. The average molecular weight is 282 g/mol. The van der Waals surface area contributed by atoms with Crippen molar-refractivity contribution < 1.29 is 4.52 Å². The third kappa shape index (κ3) is 3.02. The zero-order valence-corrected chi connectivity index (χ0v) is 12.2. The van der Waals surface area contributed by atoms with Crippen molar-refractivity contribution in [1.82, 2.24) is 15.1 Å². The smallest absolute Gasteiger partial charge is 0.263 e. The first-order chi connectivity index (χ1) is 10.2. The molecule has 0 fully saturated rings. The third-order valence-corrected chi connectivity index (χ3v) is 3.54. The van der Waals surface area contributed by atoms with Crippen molar-refractivity contribution in [3.05, 3.63) is 47.9 Å². The Kier molecular flexibility index (Phi) is 3.81. The summed E-state index contributed by atoms with van der Waals surface area (Å²) in [7, 11) is 0. The third-order valence-electron chi connectivity index (χ3n) is 3.54. The van der Waals surface area contributed by atoms with Crippen molar-refractivity contribution >= 4 is 16.9 Å². The van der Waals surface area contributed by atoms with Gasteiger partial charge in [0.15, 0.2) is 0 Å². The number of aromatic nitrogens is 3. The number of anilines is 1. The largest absolute Gasteiger partial charge is 0.367 e. The second kappa shape index (κ2) is 5.91. The SMILES string of the molecule is Cc1noc2ncnc(N[C@H](C)CCc3ccccc3)c12. The second-order valence-electron chi connectivity index (χ2n) is 5.24. The number of hydrogen-bond acceptors (Lipinski definition) is 5. The van der Waals surface area contributed by atoms with Crippen LogP contribution in [0.4, 0.5) is 5.82 Å². The lowest BCUT2D eigenvalue weighted by Crippen LogP contribution is -2.17. The summed E-state index contributed by atoms with van der Waals surface area (Å²) in [5.41, 5.74) is 2.68. The molecule has 2 aromatic heterocycles. The highest BCUT2D eigenvalue weighted by atomic mass is 16.5. The van der Waals surface area contributed by atoms with Crippen LogP contribution < -0.4 is 5.32 Å². The Balaban J connectivity index is 1.69. The summed E-state index contributed by atoms with van der Waals surface area (Å²) in [6.07, 6.45) is 3.56. The summed E-state index contributed by atoms with van der Waals surface area (Å²) in [5.74, 6) is 0.791. The minimum absolute atomic E-state index is 0.303. The van der Waals surface area contributed by atoms with Crippen LogP contribution in [0, 0.1) is 6.92 Å². The maximum absolute atomic E-state index is 5.16. The van der Waals surface area contributed by atoms with Crippen LogP contribution in [0.5, 0.6) is 0 Å². The van der Waals surface area contributed by atoms with Gasteiger partial charge in [0.25, 0.3) is 5.71 Å². The summed E-state index contributed by atoms with van der Waals surface area (Å²) in [6.45, 7) is 4.05. The first-order valence-electron chi connectivity index (χ1n) is 7.11. The number of nitrogens with one attached hydrogen (secondary N) is 1. The van der Waals surface area contributed by atoms with Gasteiger partial charge in [-0.2, -0.15) is 4.98 Å². The zero-order valence-electron chi connectivity index (χ0n) is 12.2. The first-order valence-corrected chi connectivity index (χ1v) is 7.11. The maximum atomic E-state index is 5.16. The van der Waals surface area contributed by atoms with E-state index in [1.165, 1.54) is 11.9 Å². The molecule has 1 aromatic carbocycles. The van der Waals surface area contributed by atoms with Crippen LogP contribution in [-0.2, 0) is 6.42 Å². The molecule has 0 aliphatic rings.